The van der Waals surface area contributed by atoms with Gasteiger partial charge >= 0.3 is 0 Å². The fourth-order valence-electron chi connectivity index (χ4n) is 3.37. The highest BCUT2D eigenvalue weighted by atomic mass is 35.5. The number of nitrogens with two attached hydrogens (primary N) is 1. The first kappa shape index (κ1) is 15.8. The predicted molar refractivity (Wildman–Crippen MR) is 76.7 cm³/mol. The molecule has 0 aromatic carbocycles. The predicted octanol–water partition coefficient (Wildman–Crippen LogP) is 2.43. The summed E-state index contributed by atoms with van der Waals surface area (Å²) in [6.45, 7) is 4.88. The fourth-order valence-corrected chi connectivity index (χ4v) is 3.37. The van der Waals surface area contributed by atoms with Crippen LogP contribution in [-0.2, 0) is 4.79 Å². The fraction of sp³-hybridized carbons (Fsp3) is 0.929. The van der Waals surface area contributed by atoms with Crippen LogP contribution in [0.15, 0.2) is 0 Å². The lowest BCUT2D eigenvalue weighted by molar-refractivity contribution is -0.131. The minimum absolute atomic E-state index is 0. The van der Waals surface area contributed by atoms with Gasteiger partial charge < -0.3 is 10.6 Å². The van der Waals surface area contributed by atoms with Crippen molar-refractivity contribution in [3.8, 4) is 0 Å². The van der Waals surface area contributed by atoms with Gasteiger partial charge in [-0.05, 0) is 43.6 Å². The maximum absolute atomic E-state index is 12.2. The van der Waals surface area contributed by atoms with E-state index in [9.17, 15) is 4.79 Å². The Morgan fingerprint density at radius 1 is 1.28 bits per heavy atom. The van der Waals surface area contributed by atoms with Crippen LogP contribution in [0.1, 0.15) is 45.4 Å². The third-order valence-corrected chi connectivity index (χ3v) is 4.48. The van der Waals surface area contributed by atoms with Crippen LogP contribution in [0.3, 0.4) is 0 Å². The van der Waals surface area contributed by atoms with Gasteiger partial charge in [-0.15, -0.1) is 12.4 Å². The number of carbonyl (C=O) groups excluding carboxylic acids is 1. The molecule has 0 bridgehead atoms. The summed E-state index contributed by atoms with van der Waals surface area (Å²) in [6, 6.07) is 0. The Bertz CT molecular complexity index is 273. The summed E-state index contributed by atoms with van der Waals surface area (Å²) in [7, 11) is 0. The largest absolute Gasteiger partial charge is 0.342 e. The summed E-state index contributed by atoms with van der Waals surface area (Å²) in [5.74, 6) is 2.38. The van der Waals surface area contributed by atoms with Crippen LogP contribution >= 0.6 is 12.4 Å². The molecule has 2 fully saturated rings. The van der Waals surface area contributed by atoms with Crippen LogP contribution < -0.4 is 5.73 Å². The Hall–Kier alpha value is -0.280. The SMILES string of the molecule is CC1CCCC(CC(=O)N2CCC(CN)C2)C1.Cl. The minimum Gasteiger partial charge on any atom is -0.342 e. The van der Waals surface area contributed by atoms with Crippen molar-refractivity contribution >= 4 is 18.3 Å². The van der Waals surface area contributed by atoms with Gasteiger partial charge in [-0.25, -0.2) is 0 Å². The Labute approximate surface area is 117 Å². The third kappa shape index (κ3) is 4.13. The van der Waals surface area contributed by atoms with Crippen molar-refractivity contribution in [2.75, 3.05) is 19.6 Å². The van der Waals surface area contributed by atoms with Gasteiger partial charge in [0.1, 0.15) is 0 Å². The van der Waals surface area contributed by atoms with Gasteiger partial charge in [-0.1, -0.05) is 19.8 Å². The zero-order valence-electron chi connectivity index (χ0n) is 11.4. The molecule has 2 aliphatic rings. The zero-order chi connectivity index (χ0) is 12.3. The molecule has 1 aliphatic carbocycles. The van der Waals surface area contributed by atoms with Crippen molar-refractivity contribution in [3.63, 3.8) is 0 Å². The molecule has 4 heteroatoms. The van der Waals surface area contributed by atoms with Gasteiger partial charge in [0.15, 0.2) is 0 Å². The lowest BCUT2D eigenvalue weighted by Gasteiger charge is -2.27. The summed E-state index contributed by atoms with van der Waals surface area (Å²) in [5, 5.41) is 0. The van der Waals surface area contributed by atoms with E-state index in [1.165, 1.54) is 25.7 Å². The molecule has 0 aromatic heterocycles. The molecular weight excluding hydrogens is 248 g/mol. The van der Waals surface area contributed by atoms with Gasteiger partial charge in [0, 0.05) is 19.5 Å². The zero-order valence-corrected chi connectivity index (χ0v) is 12.3. The van der Waals surface area contributed by atoms with E-state index in [4.69, 9.17) is 5.73 Å². The Morgan fingerprint density at radius 2 is 2.06 bits per heavy atom. The normalized spacial score (nSPS) is 32.1. The molecule has 1 amide bonds. The van der Waals surface area contributed by atoms with Crippen molar-refractivity contribution in [3.05, 3.63) is 0 Å². The molecule has 18 heavy (non-hydrogen) atoms. The van der Waals surface area contributed by atoms with E-state index < -0.39 is 0 Å². The second kappa shape index (κ2) is 7.34. The average molecular weight is 275 g/mol. The van der Waals surface area contributed by atoms with Crippen LogP contribution in [0.5, 0.6) is 0 Å². The summed E-state index contributed by atoms with van der Waals surface area (Å²) < 4.78 is 0. The van der Waals surface area contributed by atoms with Gasteiger partial charge in [-0.2, -0.15) is 0 Å². The smallest absolute Gasteiger partial charge is 0.222 e. The van der Waals surface area contributed by atoms with Crippen LogP contribution in [0.25, 0.3) is 0 Å². The molecule has 0 spiro atoms. The average Bonchev–Trinajstić information content (AvgIpc) is 2.77. The maximum atomic E-state index is 12.2. The molecule has 2 rings (SSSR count). The summed E-state index contributed by atoms with van der Waals surface area (Å²) in [4.78, 5) is 14.2. The minimum atomic E-state index is 0. The van der Waals surface area contributed by atoms with Crippen LogP contribution in [0.2, 0.25) is 0 Å². The number of nitrogens with zero attached hydrogens (tertiary/aromatic N) is 1. The highest BCUT2D eigenvalue weighted by molar-refractivity contribution is 5.85. The van der Waals surface area contributed by atoms with E-state index in [-0.39, 0.29) is 12.4 Å². The van der Waals surface area contributed by atoms with E-state index in [0.717, 1.165) is 38.4 Å². The van der Waals surface area contributed by atoms with E-state index >= 15 is 0 Å². The van der Waals surface area contributed by atoms with Crippen molar-refractivity contribution in [1.29, 1.82) is 0 Å². The second-order valence-corrected chi connectivity index (χ2v) is 6.07. The van der Waals surface area contributed by atoms with E-state index in [2.05, 4.69) is 6.92 Å². The van der Waals surface area contributed by atoms with Crippen molar-refractivity contribution < 1.29 is 4.79 Å². The van der Waals surface area contributed by atoms with Gasteiger partial charge in [0.2, 0.25) is 5.91 Å². The van der Waals surface area contributed by atoms with Gasteiger partial charge in [-0.3, -0.25) is 4.79 Å². The summed E-state index contributed by atoms with van der Waals surface area (Å²) in [6.07, 6.45) is 7.04. The molecule has 0 aromatic rings. The molecule has 3 atom stereocenters. The van der Waals surface area contributed by atoms with Crippen molar-refractivity contribution in [1.82, 2.24) is 4.90 Å². The number of halogens is 1. The Morgan fingerprint density at radius 3 is 2.67 bits per heavy atom. The standard InChI is InChI=1S/C14H26N2O.ClH/c1-11-3-2-4-12(7-11)8-14(17)16-6-5-13(9-15)10-16;/h11-13H,2-10,15H2,1H3;1H. The molecule has 0 radical (unpaired) electrons. The summed E-state index contributed by atoms with van der Waals surface area (Å²) >= 11 is 0. The lowest BCUT2D eigenvalue weighted by atomic mass is 9.80. The van der Waals surface area contributed by atoms with Crippen molar-refractivity contribution in [2.24, 2.45) is 23.5 Å². The highest BCUT2D eigenvalue weighted by Gasteiger charge is 2.28. The monoisotopic (exact) mass is 274 g/mol. The van der Waals surface area contributed by atoms with E-state index in [0.29, 0.717) is 17.7 Å². The first-order valence-electron chi connectivity index (χ1n) is 7.17. The molecule has 1 heterocycles. The number of carbonyl (C=O) groups is 1. The number of hydrogen-bond acceptors (Lipinski definition) is 2. The third-order valence-electron chi connectivity index (χ3n) is 4.48. The highest BCUT2D eigenvalue weighted by Crippen LogP contribution is 2.31. The number of rotatable bonds is 3. The maximum Gasteiger partial charge on any atom is 0.222 e. The lowest BCUT2D eigenvalue weighted by Crippen LogP contribution is -2.32. The van der Waals surface area contributed by atoms with Crippen LogP contribution in [-0.4, -0.2) is 30.4 Å². The van der Waals surface area contributed by atoms with Gasteiger partial charge in [0.25, 0.3) is 0 Å². The molecule has 1 saturated carbocycles. The summed E-state index contributed by atoms with van der Waals surface area (Å²) in [5.41, 5.74) is 5.66. The molecule has 2 N–H and O–H groups in total. The van der Waals surface area contributed by atoms with E-state index in [1.54, 1.807) is 0 Å². The topological polar surface area (TPSA) is 46.3 Å². The quantitative estimate of drug-likeness (QED) is 0.859. The Kier molecular flexibility index (Phi) is 6.44. The molecule has 1 saturated heterocycles. The van der Waals surface area contributed by atoms with E-state index in [1.807, 2.05) is 4.90 Å². The van der Waals surface area contributed by atoms with Gasteiger partial charge in [0.05, 0.1) is 0 Å². The first-order valence-corrected chi connectivity index (χ1v) is 7.17. The molecule has 1 aliphatic heterocycles. The molecule has 106 valence electrons. The first-order chi connectivity index (χ1) is 8.19. The van der Waals surface area contributed by atoms with Crippen molar-refractivity contribution in [2.45, 2.75) is 45.4 Å². The number of likely N-dealkylation sites (tertiary alicyclic amines) is 1. The number of hydrogen-bond donors (Lipinski definition) is 1. The Balaban J connectivity index is 0.00000162. The van der Waals surface area contributed by atoms with Crippen LogP contribution in [0, 0.1) is 17.8 Å². The number of amides is 1. The molecule has 3 unspecified atom stereocenters. The second-order valence-electron chi connectivity index (χ2n) is 6.07. The molecule has 3 nitrogen and oxygen atoms in total. The molecular formula is C14H27ClN2O. The van der Waals surface area contributed by atoms with Crippen LogP contribution in [0.4, 0.5) is 0 Å².